The molecule has 0 unspecified atom stereocenters. The number of hydrogen-bond acceptors (Lipinski definition) is 2. The third-order valence-corrected chi connectivity index (χ3v) is 4.74. The van der Waals surface area contributed by atoms with Gasteiger partial charge in [0.05, 0.1) is 5.69 Å². The van der Waals surface area contributed by atoms with Crippen LogP contribution in [0.2, 0.25) is 0 Å². The van der Waals surface area contributed by atoms with Crippen LogP contribution in [0.1, 0.15) is 52.2 Å². The van der Waals surface area contributed by atoms with Gasteiger partial charge in [0.1, 0.15) is 5.69 Å². The maximum atomic E-state index is 12.8. The number of fused-ring (bicyclic) bond motifs is 1. The number of aromatic amines is 1. The Labute approximate surface area is 165 Å². The van der Waals surface area contributed by atoms with E-state index in [1.807, 2.05) is 44.2 Å². The average Bonchev–Trinajstić information content (AvgIpc) is 2.99. The third-order valence-electron chi connectivity index (χ3n) is 4.74. The quantitative estimate of drug-likeness (QED) is 0.576. The SMILES string of the molecule is Cc1ccc(C(=O)Nc2c(C(=O)NCCC(C)C)[nH]c3ccc(C)cc23)cc1. The molecule has 146 valence electrons. The van der Waals surface area contributed by atoms with E-state index in [1.54, 1.807) is 12.1 Å². The molecule has 2 amide bonds. The van der Waals surface area contributed by atoms with Gasteiger partial charge in [0.25, 0.3) is 11.8 Å². The molecule has 2 aromatic carbocycles. The Morgan fingerprint density at radius 3 is 2.32 bits per heavy atom. The first-order valence-corrected chi connectivity index (χ1v) is 9.63. The summed E-state index contributed by atoms with van der Waals surface area (Å²) in [5.74, 6) is 0.0544. The van der Waals surface area contributed by atoms with Crippen LogP contribution in [-0.2, 0) is 0 Å². The number of amides is 2. The summed E-state index contributed by atoms with van der Waals surface area (Å²) >= 11 is 0. The number of nitrogens with one attached hydrogen (secondary N) is 3. The average molecular weight is 377 g/mol. The molecule has 5 nitrogen and oxygen atoms in total. The van der Waals surface area contributed by atoms with Crippen molar-refractivity contribution in [1.82, 2.24) is 10.3 Å². The fraction of sp³-hybridized carbons (Fsp3) is 0.304. The van der Waals surface area contributed by atoms with E-state index in [4.69, 9.17) is 0 Å². The summed E-state index contributed by atoms with van der Waals surface area (Å²) < 4.78 is 0. The highest BCUT2D eigenvalue weighted by Gasteiger charge is 2.20. The van der Waals surface area contributed by atoms with Gasteiger partial charge in [-0.05, 0) is 50.5 Å². The van der Waals surface area contributed by atoms with E-state index < -0.39 is 0 Å². The Bertz CT molecular complexity index is 1000. The van der Waals surface area contributed by atoms with Crippen LogP contribution >= 0.6 is 0 Å². The summed E-state index contributed by atoms with van der Waals surface area (Å²) in [6.45, 7) is 8.79. The Hall–Kier alpha value is -3.08. The normalized spacial score (nSPS) is 11.0. The molecule has 3 aromatic rings. The fourth-order valence-corrected chi connectivity index (χ4v) is 3.06. The molecule has 0 saturated heterocycles. The molecule has 0 bridgehead atoms. The molecule has 1 heterocycles. The van der Waals surface area contributed by atoms with Crippen LogP contribution in [0.15, 0.2) is 42.5 Å². The van der Waals surface area contributed by atoms with E-state index in [-0.39, 0.29) is 11.8 Å². The Kier molecular flexibility index (Phi) is 5.83. The molecule has 0 aliphatic rings. The Morgan fingerprint density at radius 1 is 0.964 bits per heavy atom. The van der Waals surface area contributed by atoms with Crippen molar-refractivity contribution < 1.29 is 9.59 Å². The van der Waals surface area contributed by atoms with E-state index in [0.29, 0.717) is 29.4 Å². The second-order valence-electron chi connectivity index (χ2n) is 7.68. The predicted octanol–water partition coefficient (Wildman–Crippen LogP) is 4.81. The van der Waals surface area contributed by atoms with E-state index in [0.717, 1.165) is 28.5 Å². The number of hydrogen-bond donors (Lipinski definition) is 3. The third kappa shape index (κ3) is 4.42. The molecular weight excluding hydrogens is 350 g/mol. The first kappa shape index (κ1) is 19.7. The van der Waals surface area contributed by atoms with Crippen molar-refractivity contribution in [2.24, 2.45) is 5.92 Å². The van der Waals surface area contributed by atoms with Crippen LogP contribution in [0, 0.1) is 19.8 Å². The maximum absolute atomic E-state index is 12.8. The van der Waals surface area contributed by atoms with Crippen LogP contribution in [0.3, 0.4) is 0 Å². The number of aryl methyl sites for hydroxylation is 2. The minimum atomic E-state index is -0.237. The van der Waals surface area contributed by atoms with Gasteiger partial charge in [-0.25, -0.2) is 0 Å². The summed E-state index contributed by atoms with van der Waals surface area (Å²) in [7, 11) is 0. The molecule has 0 atom stereocenters. The van der Waals surface area contributed by atoms with E-state index in [9.17, 15) is 9.59 Å². The van der Waals surface area contributed by atoms with E-state index in [1.165, 1.54) is 0 Å². The van der Waals surface area contributed by atoms with Gasteiger partial charge >= 0.3 is 0 Å². The number of carbonyl (C=O) groups excluding carboxylic acids is 2. The van der Waals surface area contributed by atoms with Gasteiger partial charge in [-0.15, -0.1) is 0 Å². The highest BCUT2D eigenvalue weighted by atomic mass is 16.2. The van der Waals surface area contributed by atoms with Gasteiger partial charge in [-0.1, -0.05) is 43.2 Å². The van der Waals surface area contributed by atoms with Gasteiger partial charge in [-0.2, -0.15) is 0 Å². The van der Waals surface area contributed by atoms with Crippen molar-refractivity contribution in [3.8, 4) is 0 Å². The maximum Gasteiger partial charge on any atom is 0.269 e. The van der Waals surface area contributed by atoms with Crippen LogP contribution < -0.4 is 10.6 Å². The minimum absolute atomic E-state index is 0.214. The lowest BCUT2D eigenvalue weighted by Crippen LogP contribution is -2.27. The summed E-state index contributed by atoms with van der Waals surface area (Å²) in [6, 6.07) is 13.2. The molecule has 0 spiro atoms. The largest absolute Gasteiger partial charge is 0.351 e. The van der Waals surface area contributed by atoms with Gasteiger partial charge in [0.15, 0.2) is 0 Å². The summed E-state index contributed by atoms with van der Waals surface area (Å²) in [4.78, 5) is 28.7. The lowest BCUT2D eigenvalue weighted by molar-refractivity contribution is 0.0948. The molecule has 3 rings (SSSR count). The van der Waals surface area contributed by atoms with Crippen molar-refractivity contribution in [3.05, 3.63) is 64.8 Å². The fourth-order valence-electron chi connectivity index (χ4n) is 3.06. The summed E-state index contributed by atoms with van der Waals surface area (Å²) in [6.07, 6.45) is 0.899. The van der Waals surface area contributed by atoms with E-state index in [2.05, 4.69) is 29.5 Å². The van der Waals surface area contributed by atoms with Crippen molar-refractivity contribution in [2.45, 2.75) is 34.1 Å². The second kappa shape index (κ2) is 8.30. The molecule has 1 aromatic heterocycles. The van der Waals surface area contributed by atoms with Crippen LogP contribution in [0.25, 0.3) is 10.9 Å². The van der Waals surface area contributed by atoms with Crippen LogP contribution in [0.5, 0.6) is 0 Å². The molecule has 0 aliphatic heterocycles. The van der Waals surface area contributed by atoms with Crippen molar-refractivity contribution in [2.75, 3.05) is 11.9 Å². The van der Waals surface area contributed by atoms with Gasteiger partial charge < -0.3 is 15.6 Å². The molecule has 28 heavy (non-hydrogen) atoms. The monoisotopic (exact) mass is 377 g/mol. The first-order chi connectivity index (χ1) is 13.3. The van der Waals surface area contributed by atoms with Crippen LogP contribution in [-0.4, -0.2) is 23.3 Å². The first-order valence-electron chi connectivity index (χ1n) is 9.63. The predicted molar refractivity (Wildman–Crippen MR) is 114 cm³/mol. The van der Waals surface area contributed by atoms with Gasteiger partial charge in [-0.3, -0.25) is 9.59 Å². The highest BCUT2D eigenvalue weighted by molar-refractivity contribution is 6.15. The zero-order chi connectivity index (χ0) is 20.3. The van der Waals surface area contributed by atoms with Gasteiger partial charge in [0, 0.05) is 23.0 Å². The number of H-pyrrole nitrogens is 1. The lowest BCUT2D eigenvalue weighted by Gasteiger charge is -2.10. The molecule has 0 saturated carbocycles. The topological polar surface area (TPSA) is 74.0 Å². The number of anilines is 1. The molecule has 0 aliphatic carbocycles. The number of rotatable bonds is 6. The number of aromatic nitrogens is 1. The smallest absolute Gasteiger partial charge is 0.269 e. The van der Waals surface area contributed by atoms with Crippen molar-refractivity contribution in [3.63, 3.8) is 0 Å². The van der Waals surface area contributed by atoms with Crippen molar-refractivity contribution in [1.29, 1.82) is 0 Å². The summed E-state index contributed by atoms with van der Waals surface area (Å²) in [5.41, 5.74) is 4.42. The number of carbonyl (C=O) groups is 2. The second-order valence-corrected chi connectivity index (χ2v) is 7.68. The molecular formula is C23H27N3O2. The van der Waals surface area contributed by atoms with Crippen molar-refractivity contribution >= 4 is 28.4 Å². The van der Waals surface area contributed by atoms with Crippen LogP contribution in [0.4, 0.5) is 5.69 Å². The zero-order valence-corrected chi connectivity index (χ0v) is 16.8. The molecule has 0 fully saturated rings. The van der Waals surface area contributed by atoms with E-state index >= 15 is 0 Å². The Morgan fingerprint density at radius 2 is 1.64 bits per heavy atom. The molecule has 0 radical (unpaired) electrons. The lowest BCUT2D eigenvalue weighted by atomic mass is 10.1. The zero-order valence-electron chi connectivity index (χ0n) is 16.8. The molecule has 3 N–H and O–H groups in total. The highest BCUT2D eigenvalue weighted by Crippen LogP contribution is 2.29. The van der Waals surface area contributed by atoms with Gasteiger partial charge in [0.2, 0.25) is 0 Å². The molecule has 5 heteroatoms. The Balaban J connectivity index is 1.93. The number of benzene rings is 2. The summed E-state index contributed by atoms with van der Waals surface area (Å²) in [5, 5.41) is 6.72. The minimum Gasteiger partial charge on any atom is -0.351 e. The standard InChI is InChI=1S/C23H27N3O2/c1-14(2)11-12-24-23(28)21-20(18-13-16(4)7-10-19(18)25-21)26-22(27)17-8-5-15(3)6-9-17/h5-10,13-14,25H,11-12H2,1-4H3,(H,24,28)(H,26,27).